The van der Waals surface area contributed by atoms with Crippen LogP contribution in [-0.2, 0) is 6.61 Å². The fourth-order valence-corrected chi connectivity index (χ4v) is 2.96. The summed E-state index contributed by atoms with van der Waals surface area (Å²) >= 11 is 12.2. The van der Waals surface area contributed by atoms with Crippen molar-refractivity contribution in [1.29, 1.82) is 0 Å². The first kappa shape index (κ1) is 20.4. The zero-order chi connectivity index (χ0) is 16.5. The third-order valence-electron chi connectivity index (χ3n) is 3.59. The summed E-state index contributed by atoms with van der Waals surface area (Å²) in [6, 6.07) is 11.2. The molecule has 0 saturated carbocycles. The molecule has 26 heavy (non-hydrogen) atoms. The quantitative estimate of drug-likeness (QED) is 0.465. The largest absolute Gasteiger partial charge is 0.483 e. The Labute approximate surface area is 172 Å². The van der Waals surface area contributed by atoms with E-state index >= 15 is 0 Å². The van der Waals surface area contributed by atoms with E-state index in [9.17, 15) is 0 Å². The lowest BCUT2D eigenvalue weighted by molar-refractivity contribution is 0.298. The lowest BCUT2D eigenvalue weighted by Gasteiger charge is -2.07. The minimum atomic E-state index is 0. The number of para-hydroxylation sites is 1. The third kappa shape index (κ3) is 4.07. The molecule has 0 unspecified atom stereocenters. The molecule has 0 saturated heterocycles. The number of hydrogen-bond acceptors (Lipinski definition) is 3. The Kier molecular flexibility index (Phi) is 6.78. The number of imidazole rings is 2. The summed E-state index contributed by atoms with van der Waals surface area (Å²) in [4.78, 5) is 11.8. The van der Waals surface area contributed by atoms with Crippen LogP contribution in [0.3, 0.4) is 0 Å². The van der Waals surface area contributed by atoms with Crippen molar-refractivity contribution in [3.8, 4) is 11.4 Å². The van der Waals surface area contributed by atoms with Crippen LogP contribution in [0, 0.1) is 0 Å². The number of aromatic nitrogens is 4. The van der Waals surface area contributed by atoms with Gasteiger partial charge in [0.25, 0.3) is 0 Å². The second-order valence-corrected chi connectivity index (χ2v) is 6.01. The van der Waals surface area contributed by atoms with Crippen molar-refractivity contribution in [3.63, 3.8) is 0 Å². The zero-order valence-corrected chi connectivity index (χ0v) is 16.4. The van der Waals surface area contributed by atoms with Crippen LogP contribution in [0.1, 0.15) is 5.82 Å². The number of halogens is 4. The Hall–Kier alpha value is -1.92. The molecule has 2 aromatic heterocycles. The molecule has 9 heteroatoms. The van der Waals surface area contributed by atoms with E-state index in [1.807, 2.05) is 29.0 Å². The fourth-order valence-electron chi connectivity index (χ4n) is 2.45. The molecule has 1 N–H and O–H groups in total. The first-order valence-electron chi connectivity index (χ1n) is 7.24. The SMILES string of the molecule is Cl.Cl.Clc1cccc(Cl)c1OCc1nc2ccc(-n3ccnc3)cc2[nH]1. The van der Waals surface area contributed by atoms with Crippen molar-refractivity contribution in [3.05, 3.63) is 71.0 Å². The number of nitrogens with zero attached hydrogens (tertiary/aromatic N) is 3. The summed E-state index contributed by atoms with van der Waals surface area (Å²) in [5, 5.41) is 0.946. The van der Waals surface area contributed by atoms with Crippen LogP contribution in [0.15, 0.2) is 55.1 Å². The topological polar surface area (TPSA) is 55.7 Å². The molecule has 4 aromatic rings. The molecule has 0 amide bonds. The minimum absolute atomic E-state index is 0. The Morgan fingerprint density at radius 3 is 2.54 bits per heavy atom. The molecular weight excluding hydrogens is 418 g/mol. The average Bonchev–Trinajstić information content (AvgIpc) is 3.23. The van der Waals surface area contributed by atoms with Gasteiger partial charge >= 0.3 is 0 Å². The van der Waals surface area contributed by atoms with Crippen LogP contribution >= 0.6 is 48.0 Å². The monoisotopic (exact) mass is 430 g/mol. The summed E-state index contributed by atoms with van der Waals surface area (Å²) in [5.41, 5.74) is 2.79. The maximum Gasteiger partial charge on any atom is 0.157 e. The molecule has 2 heterocycles. The Bertz CT molecular complexity index is 981. The van der Waals surface area contributed by atoms with Gasteiger partial charge in [-0.1, -0.05) is 29.3 Å². The van der Waals surface area contributed by atoms with Crippen molar-refractivity contribution < 1.29 is 4.74 Å². The predicted octanol–water partition coefficient (Wildman–Crippen LogP) is 5.48. The number of hydrogen-bond donors (Lipinski definition) is 1. The Morgan fingerprint density at radius 2 is 1.85 bits per heavy atom. The number of rotatable bonds is 4. The van der Waals surface area contributed by atoms with Crippen LogP contribution < -0.4 is 4.74 Å². The van der Waals surface area contributed by atoms with E-state index in [1.54, 1.807) is 30.7 Å². The van der Waals surface area contributed by atoms with Crippen molar-refractivity contribution in [1.82, 2.24) is 19.5 Å². The standard InChI is InChI=1S/C17H12Cl2N4O.2ClH/c18-12-2-1-3-13(19)17(12)24-9-16-21-14-5-4-11(8-15(14)22-16)23-7-6-20-10-23;;/h1-8,10H,9H2,(H,21,22);2*1H. The van der Waals surface area contributed by atoms with Crippen molar-refractivity contribution in [2.45, 2.75) is 6.61 Å². The molecule has 0 aliphatic carbocycles. The second-order valence-electron chi connectivity index (χ2n) is 5.19. The maximum atomic E-state index is 6.10. The number of H-pyrrole nitrogens is 1. The second kappa shape index (κ2) is 8.64. The molecule has 4 rings (SSSR count). The number of nitrogens with one attached hydrogen (secondary N) is 1. The van der Waals surface area contributed by atoms with E-state index in [-0.39, 0.29) is 31.4 Å². The van der Waals surface area contributed by atoms with Gasteiger partial charge in [-0.25, -0.2) is 9.97 Å². The molecule has 2 aromatic carbocycles. The molecule has 0 radical (unpaired) electrons. The van der Waals surface area contributed by atoms with Crippen molar-refractivity contribution in [2.75, 3.05) is 0 Å². The van der Waals surface area contributed by atoms with Crippen molar-refractivity contribution in [2.24, 2.45) is 0 Å². The van der Waals surface area contributed by atoms with Gasteiger partial charge in [0.15, 0.2) is 5.75 Å². The first-order chi connectivity index (χ1) is 11.7. The zero-order valence-electron chi connectivity index (χ0n) is 13.2. The molecule has 5 nitrogen and oxygen atoms in total. The predicted molar refractivity (Wildman–Crippen MR) is 109 cm³/mol. The van der Waals surface area contributed by atoms with Gasteiger partial charge < -0.3 is 14.3 Å². The Morgan fingerprint density at radius 1 is 1.08 bits per heavy atom. The van der Waals surface area contributed by atoms with E-state index < -0.39 is 0 Å². The third-order valence-corrected chi connectivity index (χ3v) is 4.18. The first-order valence-corrected chi connectivity index (χ1v) is 8.00. The van der Waals surface area contributed by atoms with Crippen LogP contribution in [0.2, 0.25) is 10.0 Å². The van der Waals surface area contributed by atoms with Gasteiger partial charge in [-0.05, 0) is 30.3 Å². The molecule has 0 aliphatic heterocycles. The summed E-state index contributed by atoms with van der Waals surface area (Å²) < 4.78 is 7.64. The van der Waals surface area contributed by atoms with E-state index in [0.717, 1.165) is 16.7 Å². The number of ether oxygens (including phenoxy) is 1. The highest BCUT2D eigenvalue weighted by molar-refractivity contribution is 6.37. The lowest BCUT2D eigenvalue weighted by Crippen LogP contribution is -1.98. The molecular formula is C17H14Cl4N4O. The molecule has 136 valence electrons. The highest BCUT2D eigenvalue weighted by Crippen LogP contribution is 2.32. The van der Waals surface area contributed by atoms with Gasteiger partial charge in [0.1, 0.15) is 12.4 Å². The smallest absolute Gasteiger partial charge is 0.157 e. The number of fused-ring (bicyclic) bond motifs is 1. The average molecular weight is 432 g/mol. The van der Waals surface area contributed by atoms with E-state index in [0.29, 0.717) is 21.6 Å². The number of benzene rings is 2. The van der Waals surface area contributed by atoms with Crippen LogP contribution in [0.25, 0.3) is 16.7 Å². The van der Waals surface area contributed by atoms with Gasteiger partial charge in [-0.3, -0.25) is 0 Å². The molecule has 0 aliphatic rings. The van der Waals surface area contributed by atoms with Gasteiger partial charge in [-0.2, -0.15) is 0 Å². The highest BCUT2D eigenvalue weighted by Gasteiger charge is 2.09. The summed E-state index contributed by atoms with van der Waals surface area (Å²) in [7, 11) is 0. The lowest BCUT2D eigenvalue weighted by atomic mass is 10.3. The van der Waals surface area contributed by atoms with Crippen LogP contribution in [0.4, 0.5) is 0 Å². The van der Waals surface area contributed by atoms with Crippen LogP contribution in [-0.4, -0.2) is 19.5 Å². The highest BCUT2D eigenvalue weighted by atomic mass is 35.5. The van der Waals surface area contributed by atoms with Gasteiger partial charge in [-0.15, -0.1) is 24.8 Å². The van der Waals surface area contributed by atoms with E-state index in [4.69, 9.17) is 27.9 Å². The van der Waals surface area contributed by atoms with Gasteiger partial charge in [0, 0.05) is 18.1 Å². The van der Waals surface area contributed by atoms with Gasteiger partial charge in [0.05, 0.1) is 27.4 Å². The fraction of sp³-hybridized carbons (Fsp3) is 0.0588. The molecule has 0 fully saturated rings. The Balaban J connectivity index is 0.00000121. The summed E-state index contributed by atoms with van der Waals surface area (Å²) in [6.07, 6.45) is 5.38. The summed E-state index contributed by atoms with van der Waals surface area (Å²) in [5.74, 6) is 1.16. The number of aromatic amines is 1. The minimum Gasteiger partial charge on any atom is -0.483 e. The van der Waals surface area contributed by atoms with E-state index in [2.05, 4.69) is 15.0 Å². The van der Waals surface area contributed by atoms with Gasteiger partial charge in [0.2, 0.25) is 0 Å². The molecule has 0 bridgehead atoms. The molecule has 0 atom stereocenters. The molecule has 0 spiro atoms. The van der Waals surface area contributed by atoms with Crippen LogP contribution in [0.5, 0.6) is 5.75 Å². The van der Waals surface area contributed by atoms with E-state index in [1.165, 1.54) is 0 Å². The maximum absolute atomic E-state index is 6.10. The summed E-state index contributed by atoms with van der Waals surface area (Å²) in [6.45, 7) is 0.249. The normalized spacial score (nSPS) is 10.2. The van der Waals surface area contributed by atoms with Crippen molar-refractivity contribution >= 4 is 59.0 Å².